The van der Waals surface area contributed by atoms with E-state index in [4.69, 9.17) is 4.74 Å². The normalized spacial score (nSPS) is 13.9. The van der Waals surface area contributed by atoms with Crippen LogP contribution in [0.3, 0.4) is 0 Å². The molecule has 1 aliphatic heterocycles. The van der Waals surface area contributed by atoms with Gasteiger partial charge < -0.3 is 19.9 Å². The van der Waals surface area contributed by atoms with E-state index in [0.29, 0.717) is 18.8 Å². The van der Waals surface area contributed by atoms with E-state index < -0.39 is 11.7 Å². The average Bonchev–Trinajstić information content (AvgIpc) is 2.74. The van der Waals surface area contributed by atoms with Crippen molar-refractivity contribution in [3.05, 3.63) is 65.5 Å². The minimum Gasteiger partial charge on any atom is -0.497 e. The van der Waals surface area contributed by atoms with E-state index in [-0.39, 0.29) is 24.6 Å². The van der Waals surface area contributed by atoms with Crippen molar-refractivity contribution < 1.29 is 18.7 Å². The number of nitrogens with one attached hydrogen (secondary N) is 1. The lowest BCUT2D eigenvalue weighted by Gasteiger charge is -2.30. The van der Waals surface area contributed by atoms with Crippen molar-refractivity contribution >= 4 is 11.8 Å². The van der Waals surface area contributed by atoms with Gasteiger partial charge in [-0.25, -0.2) is 4.39 Å². The number of methoxy groups -OCH3 is 1. The molecule has 0 saturated carbocycles. The minimum atomic E-state index is -0.596. The number of halogens is 1. The van der Waals surface area contributed by atoms with Gasteiger partial charge in [0.25, 0.3) is 5.91 Å². The van der Waals surface area contributed by atoms with E-state index in [9.17, 15) is 14.0 Å². The van der Waals surface area contributed by atoms with Crippen LogP contribution in [0.5, 0.6) is 5.75 Å². The molecule has 0 radical (unpaired) electrons. The summed E-state index contributed by atoms with van der Waals surface area (Å²) in [5, 5.41) is 3.19. The van der Waals surface area contributed by atoms with Gasteiger partial charge in [-0.1, -0.05) is 24.3 Å². The predicted octanol–water partition coefficient (Wildman–Crippen LogP) is 1.91. The summed E-state index contributed by atoms with van der Waals surface area (Å²) < 4.78 is 19.3. The van der Waals surface area contributed by atoms with Crippen LogP contribution in [0.4, 0.5) is 4.39 Å². The van der Waals surface area contributed by atoms with Gasteiger partial charge in [-0.3, -0.25) is 9.59 Å². The average molecular weight is 385 g/mol. The van der Waals surface area contributed by atoms with Crippen LogP contribution in [0.15, 0.2) is 48.5 Å². The molecule has 2 aromatic rings. The standard InChI is InChI=1S/C21H24FN3O3/c1-28-17-8-6-16(7-9-17)14-25(15-20(26)24-12-10-23-11-13-24)21(27)18-4-2-3-5-19(18)22/h2-9,23H,10-15H2,1H3. The highest BCUT2D eigenvalue weighted by atomic mass is 19.1. The van der Waals surface area contributed by atoms with E-state index >= 15 is 0 Å². The Morgan fingerprint density at radius 2 is 1.79 bits per heavy atom. The second-order valence-corrected chi connectivity index (χ2v) is 6.62. The molecule has 0 unspecified atom stereocenters. The first kappa shape index (κ1) is 19.8. The number of rotatable bonds is 6. The molecule has 1 aliphatic rings. The van der Waals surface area contributed by atoms with Gasteiger partial charge in [-0.15, -0.1) is 0 Å². The number of benzene rings is 2. The fourth-order valence-corrected chi connectivity index (χ4v) is 3.13. The third-order valence-corrected chi connectivity index (χ3v) is 4.72. The van der Waals surface area contributed by atoms with Crippen LogP contribution in [0, 0.1) is 5.82 Å². The van der Waals surface area contributed by atoms with Crippen molar-refractivity contribution in [1.82, 2.24) is 15.1 Å². The smallest absolute Gasteiger partial charge is 0.257 e. The number of hydrogen-bond acceptors (Lipinski definition) is 4. The van der Waals surface area contributed by atoms with Gasteiger partial charge in [0.15, 0.2) is 0 Å². The molecule has 0 aromatic heterocycles. The van der Waals surface area contributed by atoms with Crippen molar-refractivity contribution in [3.63, 3.8) is 0 Å². The molecule has 7 heteroatoms. The van der Waals surface area contributed by atoms with Crippen LogP contribution in [0.2, 0.25) is 0 Å². The summed E-state index contributed by atoms with van der Waals surface area (Å²) in [7, 11) is 1.58. The number of nitrogens with zero attached hydrogens (tertiary/aromatic N) is 2. The van der Waals surface area contributed by atoms with E-state index in [2.05, 4.69) is 5.32 Å². The molecule has 0 aliphatic carbocycles. The summed E-state index contributed by atoms with van der Waals surface area (Å²) in [5.41, 5.74) is 0.794. The van der Waals surface area contributed by atoms with E-state index in [1.165, 1.54) is 23.1 Å². The molecule has 1 saturated heterocycles. The Balaban J connectivity index is 1.80. The largest absolute Gasteiger partial charge is 0.497 e. The molecular weight excluding hydrogens is 361 g/mol. The molecule has 2 aromatic carbocycles. The Morgan fingerprint density at radius 3 is 2.43 bits per heavy atom. The molecule has 1 fully saturated rings. The first-order valence-corrected chi connectivity index (χ1v) is 9.23. The first-order chi connectivity index (χ1) is 13.6. The molecule has 6 nitrogen and oxygen atoms in total. The highest BCUT2D eigenvalue weighted by molar-refractivity contribution is 5.96. The molecule has 3 rings (SSSR count). The maximum Gasteiger partial charge on any atom is 0.257 e. The van der Waals surface area contributed by atoms with Crippen molar-refractivity contribution in [1.29, 1.82) is 0 Å². The summed E-state index contributed by atoms with van der Waals surface area (Å²) >= 11 is 0. The Labute approximate surface area is 163 Å². The Kier molecular flexibility index (Phi) is 6.60. The van der Waals surface area contributed by atoms with Crippen LogP contribution >= 0.6 is 0 Å². The Morgan fingerprint density at radius 1 is 1.11 bits per heavy atom. The second-order valence-electron chi connectivity index (χ2n) is 6.62. The summed E-state index contributed by atoms with van der Waals surface area (Å²) in [6, 6.07) is 13.1. The van der Waals surface area contributed by atoms with Crippen molar-refractivity contribution in [3.8, 4) is 5.75 Å². The van der Waals surface area contributed by atoms with E-state index in [1.807, 2.05) is 12.1 Å². The summed E-state index contributed by atoms with van der Waals surface area (Å²) in [4.78, 5) is 28.8. The summed E-state index contributed by atoms with van der Waals surface area (Å²) in [6.07, 6.45) is 0. The molecule has 0 atom stereocenters. The van der Waals surface area contributed by atoms with Gasteiger partial charge in [-0.05, 0) is 29.8 Å². The van der Waals surface area contributed by atoms with Crippen LogP contribution in [0.1, 0.15) is 15.9 Å². The maximum absolute atomic E-state index is 14.2. The highest BCUT2D eigenvalue weighted by Crippen LogP contribution is 2.16. The van der Waals surface area contributed by atoms with Crippen molar-refractivity contribution in [2.24, 2.45) is 0 Å². The number of piperazine rings is 1. The molecule has 148 valence electrons. The molecule has 2 amide bonds. The number of hydrogen-bond donors (Lipinski definition) is 1. The second kappa shape index (κ2) is 9.32. The highest BCUT2D eigenvalue weighted by Gasteiger charge is 2.25. The quantitative estimate of drug-likeness (QED) is 0.825. The van der Waals surface area contributed by atoms with Crippen LogP contribution < -0.4 is 10.1 Å². The molecule has 1 N–H and O–H groups in total. The van der Waals surface area contributed by atoms with Gasteiger partial charge in [0, 0.05) is 32.7 Å². The van der Waals surface area contributed by atoms with Gasteiger partial charge in [0.1, 0.15) is 18.1 Å². The van der Waals surface area contributed by atoms with E-state index in [1.54, 1.807) is 30.2 Å². The molecule has 28 heavy (non-hydrogen) atoms. The lowest BCUT2D eigenvalue weighted by atomic mass is 10.1. The third-order valence-electron chi connectivity index (χ3n) is 4.72. The number of ether oxygens (including phenoxy) is 1. The molecule has 1 heterocycles. The summed E-state index contributed by atoms with van der Waals surface area (Å²) in [5.74, 6) is -0.536. The molecule has 0 spiro atoms. The van der Waals surface area contributed by atoms with Gasteiger partial charge in [0.2, 0.25) is 5.91 Å². The zero-order chi connectivity index (χ0) is 19.9. The zero-order valence-corrected chi connectivity index (χ0v) is 15.9. The lowest BCUT2D eigenvalue weighted by molar-refractivity contribution is -0.132. The number of amides is 2. The number of carbonyl (C=O) groups is 2. The van der Waals surface area contributed by atoms with E-state index in [0.717, 1.165) is 18.7 Å². The van der Waals surface area contributed by atoms with Gasteiger partial charge in [-0.2, -0.15) is 0 Å². The fraction of sp³-hybridized carbons (Fsp3) is 0.333. The monoisotopic (exact) mass is 385 g/mol. The fourth-order valence-electron chi connectivity index (χ4n) is 3.13. The van der Waals surface area contributed by atoms with Crippen LogP contribution in [-0.4, -0.2) is 61.4 Å². The minimum absolute atomic E-state index is 0.0378. The SMILES string of the molecule is COc1ccc(CN(CC(=O)N2CCNCC2)C(=O)c2ccccc2F)cc1. The molecular formula is C21H24FN3O3. The van der Waals surface area contributed by atoms with Crippen molar-refractivity contribution in [2.45, 2.75) is 6.54 Å². The zero-order valence-electron chi connectivity index (χ0n) is 15.9. The molecule has 0 bridgehead atoms. The summed E-state index contributed by atoms with van der Waals surface area (Å²) in [6.45, 7) is 2.76. The maximum atomic E-state index is 14.2. The van der Waals surface area contributed by atoms with Crippen LogP contribution in [-0.2, 0) is 11.3 Å². The Bertz CT molecular complexity index is 820. The third kappa shape index (κ3) is 4.86. The van der Waals surface area contributed by atoms with Gasteiger partial charge in [0.05, 0.1) is 12.7 Å². The lowest BCUT2D eigenvalue weighted by Crippen LogP contribution is -2.50. The topological polar surface area (TPSA) is 61.9 Å². The predicted molar refractivity (Wildman–Crippen MR) is 104 cm³/mol. The first-order valence-electron chi connectivity index (χ1n) is 9.23. The van der Waals surface area contributed by atoms with Gasteiger partial charge >= 0.3 is 0 Å². The number of carbonyl (C=O) groups excluding carboxylic acids is 2. The Hall–Kier alpha value is -2.93. The van der Waals surface area contributed by atoms with Crippen LogP contribution in [0.25, 0.3) is 0 Å². The van der Waals surface area contributed by atoms with Crippen molar-refractivity contribution in [2.75, 3.05) is 39.8 Å².